The molecule has 0 saturated carbocycles. The third-order valence-corrected chi connectivity index (χ3v) is 6.05. The van der Waals surface area contributed by atoms with E-state index < -0.39 is 10.0 Å². The molecule has 6 nitrogen and oxygen atoms in total. The molecule has 0 aliphatic carbocycles. The Morgan fingerprint density at radius 3 is 2.06 bits per heavy atom. The van der Waals surface area contributed by atoms with Gasteiger partial charge in [0.05, 0.1) is 6.54 Å². The molecular formula is C24H22N4O2S. The van der Waals surface area contributed by atoms with E-state index in [0.717, 1.165) is 16.8 Å². The van der Waals surface area contributed by atoms with Crippen LogP contribution in [-0.4, -0.2) is 24.2 Å². The Balaban J connectivity index is 1.65. The molecule has 0 saturated heterocycles. The zero-order valence-corrected chi connectivity index (χ0v) is 17.6. The summed E-state index contributed by atoms with van der Waals surface area (Å²) in [5.41, 5.74) is 3.12. The first kappa shape index (κ1) is 20.7. The van der Waals surface area contributed by atoms with Crippen molar-refractivity contribution in [1.29, 1.82) is 0 Å². The summed E-state index contributed by atoms with van der Waals surface area (Å²) in [4.78, 5) is 8.71. The lowest BCUT2D eigenvalue weighted by atomic mass is 10.2. The van der Waals surface area contributed by atoms with Gasteiger partial charge in [0.25, 0.3) is 10.0 Å². The lowest BCUT2D eigenvalue weighted by Crippen LogP contribution is -2.25. The van der Waals surface area contributed by atoms with Gasteiger partial charge < -0.3 is 0 Å². The van der Waals surface area contributed by atoms with E-state index in [4.69, 9.17) is 0 Å². The van der Waals surface area contributed by atoms with Crippen LogP contribution in [0.2, 0.25) is 0 Å². The van der Waals surface area contributed by atoms with Crippen LogP contribution >= 0.6 is 0 Å². The van der Waals surface area contributed by atoms with Crippen molar-refractivity contribution in [2.24, 2.45) is 4.99 Å². The molecule has 156 valence electrons. The minimum Gasteiger partial charge on any atom is -0.297 e. The Labute approximate surface area is 182 Å². The molecule has 0 aliphatic heterocycles. The monoisotopic (exact) mass is 430 g/mol. The van der Waals surface area contributed by atoms with Crippen LogP contribution in [0, 0.1) is 0 Å². The van der Waals surface area contributed by atoms with E-state index >= 15 is 0 Å². The molecular weight excluding hydrogens is 408 g/mol. The number of aromatic nitrogens is 2. The molecule has 4 aromatic rings. The van der Waals surface area contributed by atoms with E-state index in [1.54, 1.807) is 10.8 Å². The molecule has 0 aliphatic rings. The molecule has 0 radical (unpaired) electrons. The van der Waals surface area contributed by atoms with Gasteiger partial charge in [-0.25, -0.2) is 18.1 Å². The number of nitrogens with one attached hydrogen (secondary N) is 1. The van der Waals surface area contributed by atoms with Crippen LogP contribution in [0.1, 0.15) is 16.8 Å². The lowest BCUT2D eigenvalue weighted by molar-refractivity contribution is 0.578. The van der Waals surface area contributed by atoms with Crippen molar-refractivity contribution in [2.45, 2.75) is 18.1 Å². The van der Waals surface area contributed by atoms with Crippen molar-refractivity contribution in [1.82, 2.24) is 14.3 Å². The van der Waals surface area contributed by atoms with Gasteiger partial charge in [-0.15, -0.1) is 0 Å². The van der Waals surface area contributed by atoms with E-state index in [1.165, 1.54) is 6.33 Å². The zero-order chi connectivity index (χ0) is 21.5. The fourth-order valence-electron chi connectivity index (χ4n) is 3.12. The molecule has 3 aromatic carbocycles. The van der Waals surface area contributed by atoms with Crippen molar-refractivity contribution < 1.29 is 8.42 Å². The fraction of sp³-hybridized carbons (Fsp3) is 0.0833. The van der Waals surface area contributed by atoms with Crippen LogP contribution in [0.25, 0.3) is 5.69 Å². The molecule has 0 amide bonds. The largest absolute Gasteiger partial charge is 0.297 e. The summed E-state index contributed by atoms with van der Waals surface area (Å²) in [6.45, 7) is 0.625. The summed E-state index contributed by atoms with van der Waals surface area (Å²) in [5, 5.41) is -0.0518. The zero-order valence-electron chi connectivity index (χ0n) is 16.8. The van der Waals surface area contributed by atoms with E-state index in [-0.39, 0.29) is 11.6 Å². The molecule has 1 aromatic heterocycles. The van der Waals surface area contributed by atoms with Crippen molar-refractivity contribution in [3.05, 3.63) is 114 Å². The Kier molecular flexibility index (Phi) is 6.35. The van der Waals surface area contributed by atoms with Crippen LogP contribution in [0.15, 0.2) is 107 Å². The van der Waals surface area contributed by atoms with Crippen LogP contribution in [0.4, 0.5) is 0 Å². The number of nitrogens with zero attached hydrogens (tertiary/aromatic N) is 3. The number of benzene rings is 3. The normalized spacial score (nSPS) is 11.7. The highest BCUT2D eigenvalue weighted by molar-refractivity contribution is 7.89. The SMILES string of the molecule is O=S(=O)(NCc1ccccc1)c1ncn(-c2ccccc2)c1C=NCc1ccccc1. The van der Waals surface area contributed by atoms with Crippen molar-refractivity contribution >= 4 is 16.2 Å². The summed E-state index contributed by atoms with van der Waals surface area (Å²) in [6.07, 6.45) is 3.08. The van der Waals surface area contributed by atoms with Crippen molar-refractivity contribution in [3.63, 3.8) is 0 Å². The van der Waals surface area contributed by atoms with Gasteiger partial charge in [0.15, 0.2) is 5.03 Å². The standard InChI is InChI=1S/C24H22N4O2S/c29-31(30,27-17-21-12-6-2-7-13-21)24-23(18-25-16-20-10-4-1-5-11-20)28(19-26-24)22-14-8-3-9-15-22/h1-15,18-19,27H,16-17H2. The average Bonchev–Trinajstić information content (AvgIpc) is 3.25. The molecule has 0 atom stereocenters. The summed E-state index contributed by atoms with van der Waals surface area (Å²) in [5.74, 6) is 0. The number of hydrogen-bond donors (Lipinski definition) is 1. The Bertz CT molecular complexity index is 1250. The lowest BCUT2D eigenvalue weighted by Gasteiger charge is -2.08. The highest BCUT2D eigenvalue weighted by Crippen LogP contribution is 2.18. The van der Waals surface area contributed by atoms with E-state index in [9.17, 15) is 8.42 Å². The second kappa shape index (κ2) is 9.51. The van der Waals surface area contributed by atoms with Gasteiger partial charge in [0.2, 0.25) is 0 Å². The minimum atomic E-state index is -3.84. The second-order valence-corrected chi connectivity index (χ2v) is 8.59. The molecule has 7 heteroatoms. The van der Waals surface area contributed by atoms with Gasteiger partial charge in [-0.3, -0.25) is 9.56 Å². The predicted octanol–water partition coefficient (Wildman–Crippen LogP) is 3.97. The third-order valence-electron chi connectivity index (χ3n) is 4.70. The Hall–Kier alpha value is -3.55. The second-order valence-electron chi connectivity index (χ2n) is 6.91. The first-order valence-corrected chi connectivity index (χ1v) is 11.3. The highest BCUT2D eigenvalue weighted by Gasteiger charge is 2.23. The maximum atomic E-state index is 13.1. The quantitative estimate of drug-likeness (QED) is 0.430. The van der Waals surface area contributed by atoms with Crippen LogP contribution < -0.4 is 4.72 Å². The van der Waals surface area contributed by atoms with Gasteiger partial charge in [-0.1, -0.05) is 78.9 Å². The highest BCUT2D eigenvalue weighted by atomic mass is 32.2. The Morgan fingerprint density at radius 1 is 0.839 bits per heavy atom. The molecule has 1 heterocycles. The number of hydrogen-bond acceptors (Lipinski definition) is 4. The van der Waals surface area contributed by atoms with Crippen LogP contribution in [0.3, 0.4) is 0 Å². The summed E-state index contributed by atoms with van der Waals surface area (Å²) in [6, 6.07) is 28.6. The minimum absolute atomic E-state index is 0.0518. The number of rotatable bonds is 8. The molecule has 0 bridgehead atoms. The molecule has 0 spiro atoms. The van der Waals surface area contributed by atoms with E-state index in [1.807, 2.05) is 91.0 Å². The summed E-state index contributed by atoms with van der Waals surface area (Å²) >= 11 is 0. The molecule has 31 heavy (non-hydrogen) atoms. The van der Waals surface area contributed by atoms with Gasteiger partial charge in [0.1, 0.15) is 12.0 Å². The van der Waals surface area contributed by atoms with Gasteiger partial charge in [-0.05, 0) is 23.3 Å². The smallest absolute Gasteiger partial charge is 0.260 e. The fourth-order valence-corrected chi connectivity index (χ4v) is 4.23. The third kappa shape index (κ3) is 5.14. The predicted molar refractivity (Wildman–Crippen MR) is 122 cm³/mol. The number of imidazole rings is 1. The van der Waals surface area contributed by atoms with Crippen LogP contribution in [-0.2, 0) is 23.1 Å². The summed E-state index contributed by atoms with van der Waals surface area (Å²) < 4.78 is 30.5. The van der Waals surface area contributed by atoms with Gasteiger partial charge >= 0.3 is 0 Å². The molecule has 1 N–H and O–H groups in total. The van der Waals surface area contributed by atoms with E-state index in [0.29, 0.717) is 12.2 Å². The van der Waals surface area contributed by atoms with Gasteiger partial charge in [0, 0.05) is 18.4 Å². The van der Waals surface area contributed by atoms with E-state index in [2.05, 4.69) is 14.7 Å². The summed E-state index contributed by atoms with van der Waals surface area (Å²) in [7, 11) is -3.84. The van der Waals surface area contributed by atoms with Crippen molar-refractivity contribution in [2.75, 3.05) is 0 Å². The average molecular weight is 431 g/mol. The van der Waals surface area contributed by atoms with Crippen molar-refractivity contribution in [3.8, 4) is 5.69 Å². The van der Waals surface area contributed by atoms with Crippen LogP contribution in [0.5, 0.6) is 0 Å². The number of sulfonamides is 1. The number of aliphatic imine (C=N–C) groups is 1. The van der Waals surface area contributed by atoms with Gasteiger partial charge in [-0.2, -0.15) is 0 Å². The molecule has 4 rings (SSSR count). The molecule has 0 fully saturated rings. The maximum Gasteiger partial charge on any atom is 0.260 e. The topological polar surface area (TPSA) is 76.3 Å². The number of para-hydroxylation sites is 1. The molecule has 0 unspecified atom stereocenters. The maximum absolute atomic E-state index is 13.1. The Morgan fingerprint density at radius 2 is 1.42 bits per heavy atom. The first-order chi connectivity index (χ1) is 15.1. The first-order valence-electron chi connectivity index (χ1n) is 9.83.